The molecule has 1 rings (SSSR count). The Morgan fingerprint density at radius 3 is 2.60 bits per heavy atom. The summed E-state index contributed by atoms with van der Waals surface area (Å²) >= 11 is 0. The van der Waals surface area contributed by atoms with E-state index in [-0.39, 0.29) is 11.7 Å². The Labute approximate surface area is 89.1 Å². The second-order valence-electron chi connectivity index (χ2n) is 4.13. The first-order valence-corrected chi connectivity index (χ1v) is 4.94. The molecule has 6 heteroatoms. The van der Waals surface area contributed by atoms with Crippen LogP contribution in [0, 0.1) is 5.41 Å². The topological polar surface area (TPSA) is 91.0 Å². The van der Waals surface area contributed by atoms with Crippen molar-refractivity contribution in [1.29, 1.82) is 0 Å². The maximum Gasteiger partial charge on any atom is 0.234 e. The van der Waals surface area contributed by atoms with Crippen LogP contribution < -0.4 is 11.1 Å². The molecule has 15 heavy (non-hydrogen) atoms. The van der Waals surface area contributed by atoms with Crippen molar-refractivity contribution in [3.05, 3.63) is 0 Å². The molecule has 0 atom stereocenters. The zero-order valence-electron chi connectivity index (χ0n) is 9.16. The fourth-order valence-electron chi connectivity index (χ4n) is 1.38. The number of amidine groups is 1. The van der Waals surface area contributed by atoms with Gasteiger partial charge in [0.25, 0.3) is 0 Å². The number of nitrogens with one attached hydrogen (secondary N) is 1. The molecule has 0 unspecified atom stereocenters. The normalized spacial score (nSPS) is 19.0. The van der Waals surface area contributed by atoms with Gasteiger partial charge < -0.3 is 21.2 Å². The summed E-state index contributed by atoms with van der Waals surface area (Å²) in [5.74, 6) is -0.121. The fraction of sp³-hybridized carbons (Fsp3) is 0.778. The standard InChI is InChI=1S/C9H18N4O2/c1-13(2)6-5-11-8(14)9(3-4-9)7(10)12-15/h15H,3-6H2,1-2H3,(H2,10,12)(H,11,14). The Morgan fingerprint density at radius 2 is 2.20 bits per heavy atom. The molecule has 1 aliphatic carbocycles. The van der Waals surface area contributed by atoms with Gasteiger partial charge in [-0.3, -0.25) is 4.79 Å². The molecule has 4 N–H and O–H groups in total. The largest absolute Gasteiger partial charge is 0.409 e. The Kier molecular flexibility index (Phi) is 3.52. The number of oxime groups is 1. The first-order chi connectivity index (χ1) is 7.03. The molecule has 86 valence electrons. The Morgan fingerprint density at radius 1 is 1.60 bits per heavy atom. The van der Waals surface area contributed by atoms with Gasteiger partial charge in [0, 0.05) is 13.1 Å². The molecule has 0 aromatic carbocycles. The maximum atomic E-state index is 11.7. The summed E-state index contributed by atoms with van der Waals surface area (Å²) in [6, 6.07) is 0. The van der Waals surface area contributed by atoms with E-state index >= 15 is 0 Å². The number of rotatable bonds is 5. The summed E-state index contributed by atoms with van der Waals surface area (Å²) in [7, 11) is 3.87. The van der Waals surface area contributed by atoms with Crippen LogP contribution in [-0.4, -0.2) is 49.0 Å². The molecular formula is C9H18N4O2. The number of nitrogens with two attached hydrogens (primary N) is 1. The molecule has 1 aliphatic rings. The van der Waals surface area contributed by atoms with E-state index < -0.39 is 5.41 Å². The molecule has 0 aromatic rings. The number of likely N-dealkylation sites (N-methyl/N-ethyl adjacent to an activating group) is 1. The van der Waals surface area contributed by atoms with Crippen LogP contribution in [0.3, 0.4) is 0 Å². The van der Waals surface area contributed by atoms with Crippen molar-refractivity contribution in [2.24, 2.45) is 16.3 Å². The van der Waals surface area contributed by atoms with Crippen LogP contribution in [0.5, 0.6) is 0 Å². The van der Waals surface area contributed by atoms with Crippen LogP contribution in [0.25, 0.3) is 0 Å². The summed E-state index contributed by atoms with van der Waals surface area (Å²) in [6.45, 7) is 1.35. The lowest BCUT2D eigenvalue weighted by Crippen LogP contribution is -2.42. The summed E-state index contributed by atoms with van der Waals surface area (Å²) in [5, 5.41) is 14.2. The highest BCUT2D eigenvalue weighted by Gasteiger charge is 2.54. The summed E-state index contributed by atoms with van der Waals surface area (Å²) < 4.78 is 0. The molecule has 1 amide bonds. The number of carbonyl (C=O) groups is 1. The molecule has 1 fully saturated rings. The van der Waals surface area contributed by atoms with Crippen molar-refractivity contribution in [2.45, 2.75) is 12.8 Å². The molecule has 0 heterocycles. The Hall–Kier alpha value is -1.30. The highest BCUT2D eigenvalue weighted by atomic mass is 16.4. The van der Waals surface area contributed by atoms with E-state index in [1.54, 1.807) is 0 Å². The van der Waals surface area contributed by atoms with E-state index in [9.17, 15) is 4.79 Å². The minimum atomic E-state index is -0.735. The second-order valence-corrected chi connectivity index (χ2v) is 4.13. The molecule has 6 nitrogen and oxygen atoms in total. The van der Waals surface area contributed by atoms with Gasteiger partial charge in [0.1, 0.15) is 5.41 Å². The minimum absolute atomic E-state index is 0.0184. The van der Waals surface area contributed by atoms with Crippen molar-refractivity contribution in [3.8, 4) is 0 Å². The molecule has 0 bridgehead atoms. The monoisotopic (exact) mass is 214 g/mol. The smallest absolute Gasteiger partial charge is 0.234 e. The lowest BCUT2D eigenvalue weighted by atomic mass is 10.1. The molecule has 0 radical (unpaired) electrons. The van der Waals surface area contributed by atoms with E-state index in [1.165, 1.54) is 0 Å². The first kappa shape index (κ1) is 11.8. The summed E-state index contributed by atoms with van der Waals surface area (Å²) in [4.78, 5) is 13.7. The minimum Gasteiger partial charge on any atom is -0.409 e. The maximum absolute atomic E-state index is 11.7. The van der Waals surface area contributed by atoms with Crippen LogP contribution >= 0.6 is 0 Å². The van der Waals surface area contributed by atoms with E-state index in [1.807, 2.05) is 19.0 Å². The van der Waals surface area contributed by atoms with Crippen molar-refractivity contribution >= 4 is 11.7 Å². The zero-order valence-corrected chi connectivity index (χ0v) is 9.16. The van der Waals surface area contributed by atoms with E-state index in [2.05, 4.69) is 10.5 Å². The van der Waals surface area contributed by atoms with Crippen LogP contribution in [0.1, 0.15) is 12.8 Å². The number of nitrogens with zero attached hydrogens (tertiary/aromatic N) is 2. The van der Waals surface area contributed by atoms with E-state index in [0.29, 0.717) is 19.4 Å². The third-order valence-corrected chi connectivity index (χ3v) is 2.63. The van der Waals surface area contributed by atoms with Crippen molar-refractivity contribution in [2.75, 3.05) is 27.2 Å². The van der Waals surface area contributed by atoms with Crippen molar-refractivity contribution < 1.29 is 10.0 Å². The van der Waals surface area contributed by atoms with Gasteiger partial charge in [-0.2, -0.15) is 0 Å². The average molecular weight is 214 g/mol. The zero-order chi connectivity index (χ0) is 11.5. The van der Waals surface area contributed by atoms with Gasteiger partial charge in [0.2, 0.25) is 5.91 Å². The van der Waals surface area contributed by atoms with Crippen LogP contribution in [0.2, 0.25) is 0 Å². The number of amides is 1. The molecular weight excluding hydrogens is 196 g/mol. The SMILES string of the molecule is CN(C)CCNC(=O)C1(C(N)=NO)CC1. The molecule has 1 saturated carbocycles. The van der Waals surface area contributed by atoms with Gasteiger partial charge in [-0.25, -0.2) is 0 Å². The average Bonchev–Trinajstić information content (AvgIpc) is 2.96. The predicted octanol–water partition coefficient (Wildman–Crippen LogP) is -0.809. The molecule has 0 aliphatic heterocycles. The Balaban J connectivity index is 2.41. The predicted molar refractivity (Wildman–Crippen MR) is 56.6 cm³/mol. The summed E-state index contributed by atoms with van der Waals surface area (Å²) in [6.07, 6.45) is 1.33. The third kappa shape index (κ3) is 2.59. The fourth-order valence-corrected chi connectivity index (χ4v) is 1.38. The first-order valence-electron chi connectivity index (χ1n) is 4.94. The third-order valence-electron chi connectivity index (χ3n) is 2.63. The van der Waals surface area contributed by atoms with Crippen LogP contribution in [0.15, 0.2) is 5.16 Å². The number of carbonyl (C=O) groups excluding carboxylic acids is 1. The van der Waals surface area contributed by atoms with Gasteiger partial charge in [-0.15, -0.1) is 0 Å². The second kappa shape index (κ2) is 4.48. The van der Waals surface area contributed by atoms with E-state index in [0.717, 1.165) is 6.54 Å². The van der Waals surface area contributed by atoms with Crippen molar-refractivity contribution in [1.82, 2.24) is 10.2 Å². The molecule has 0 spiro atoms. The highest BCUT2D eigenvalue weighted by molar-refractivity contribution is 6.09. The lowest BCUT2D eigenvalue weighted by Gasteiger charge is -2.15. The molecule has 0 aromatic heterocycles. The van der Waals surface area contributed by atoms with Gasteiger partial charge >= 0.3 is 0 Å². The molecule has 0 saturated heterocycles. The number of hydrogen-bond acceptors (Lipinski definition) is 4. The number of hydrogen-bond donors (Lipinski definition) is 3. The quantitative estimate of drug-likeness (QED) is 0.242. The van der Waals surface area contributed by atoms with Crippen LogP contribution in [0.4, 0.5) is 0 Å². The summed E-state index contributed by atoms with van der Waals surface area (Å²) in [5.41, 5.74) is 4.74. The van der Waals surface area contributed by atoms with Crippen LogP contribution in [-0.2, 0) is 4.79 Å². The Bertz CT molecular complexity index is 271. The highest BCUT2D eigenvalue weighted by Crippen LogP contribution is 2.45. The van der Waals surface area contributed by atoms with Gasteiger partial charge in [-0.1, -0.05) is 5.16 Å². The van der Waals surface area contributed by atoms with Gasteiger partial charge in [0.05, 0.1) is 0 Å². The van der Waals surface area contributed by atoms with Gasteiger partial charge in [0.15, 0.2) is 5.84 Å². The lowest BCUT2D eigenvalue weighted by molar-refractivity contribution is -0.124. The van der Waals surface area contributed by atoms with Crippen molar-refractivity contribution in [3.63, 3.8) is 0 Å². The van der Waals surface area contributed by atoms with E-state index in [4.69, 9.17) is 10.9 Å². The van der Waals surface area contributed by atoms with Gasteiger partial charge in [-0.05, 0) is 26.9 Å².